The molecule has 1 fully saturated rings. The van der Waals surface area contributed by atoms with Gasteiger partial charge in [0.25, 0.3) is 0 Å². The average molecular weight is 334 g/mol. The molecule has 6 nitrogen and oxygen atoms in total. The summed E-state index contributed by atoms with van der Waals surface area (Å²) in [5, 5.41) is 8.42. The fourth-order valence-corrected chi connectivity index (χ4v) is 2.72. The molecular formula is C15H13ClFN5O. The summed E-state index contributed by atoms with van der Waals surface area (Å²) in [5.41, 5.74) is 0.211. The number of nitrogens with zero attached hydrogens (tertiary/aromatic N) is 5. The van der Waals surface area contributed by atoms with Gasteiger partial charge in [0.05, 0.1) is 18.3 Å². The van der Waals surface area contributed by atoms with E-state index >= 15 is 0 Å². The van der Waals surface area contributed by atoms with Gasteiger partial charge in [0.1, 0.15) is 17.3 Å². The lowest BCUT2D eigenvalue weighted by atomic mass is 10.3. The van der Waals surface area contributed by atoms with E-state index in [2.05, 4.69) is 15.3 Å². The zero-order chi connectivity index (χ0) is 16.0. The predicted octanol–water partition coefficient (Wildman–Crippen LogP) is 3.13. The van der Waals surface area contributed by atoms with Gasteiger partial charge in [-0.25, -0.2) is 14.1 Å². The Hall–Kier alpha value is -2.41. The minimum Gasteiger partial charge on any atom is -0.495 e. The van der Waals surface area contributed by atoms with Crippen LogP contribution in [0.4, 0.5) is 4.39 Å². The van der Waals surface area contributed by atoms with E-state index in [4.69, 9.17) is 16.3 Å². The second kappa shape index (κ2) is 5.34. The Morgan fingerprint density at radius 2 is 2.17 bits per heavy atom. The van der Waals surface area contributed by atoms with Crippen LogP contribution < -0.4 is 4.74 Å². The molecule has 1 aromatic carbocycles. The number of imidazole rings is 1. The lowest BCUT2D eigenvalue weighted by Gasteiger charge is -2.07. The molecule has 0 unspecified atom stereocenters. The van der Waals surface area contributed by atoms with Gasteiger partial charge in [-0.15, -0.1) is 5.10 Å². The Kier molecular flexibility index (Phi) is 3.30. The van der Waals surface area contributed by atoms with Crippen molar-refractivity contribution in [3.8, 4) is 17.3 Å². The SMILES string of the molecule is COc1cc(F)c(-n2cc(-n3ccnc3C3CC3)nn2)cc1Cl. The monoisotopic (exact) mass is 333 g/mol. The van der Waals surface area contributed by atoms with Gasteiger partial charge in [-0.3, -0.25) is 4.57 Å². The van der Waals surface area contributed by atoms with E-state index in [9.17, 15) is 4.39 Å². The maximum absolute atomic E-state index is 14.2. The van der Waals surface area contributed by atoms with E-state index in [-0.39, 0.29) is 11.4 Å². The Morgan fingerprint density at radius 1 is 1.35 bits per heavy atom. The first-order valence-electron chi connectivity index (χ1n) is 7.16. The molecule has 0 bridgehead atoms. The Bertz CT molecular complexity index is 871. The van der Waals surface area contributed by atoms with Crippen LogP contribution in [0, 0.1) is 5.82 Å². The highest BCUT2D eigenvalue weighted by molar-refractivity contribution is 6.32. The number of halogens is 2. The van der Waals surface area contributed by atoms with Crippen LogP contribution in [-0.4, -0.2) is 31.7 Å². The maximum Gasteiger partial charge on any atom is 0.181 e. The second-order valence-electron chi connectivity index (χ2n) is 5.39. The molecule has 1 saturated carbocycles. The van der Waals surface area contributed by atoms with Crippen LogP contribution in [0.3, 0.4) is 0 Å². The Labute approximate surface area is 136 Å². The highest BCUT2D eigenvalue weighted by Crippen LogP contribution is 2.39. The molecule has 0 atom stereocenters. The number of aromatic nitrogens is 5. The largest absolute Gasteiger partial charge is 0.495 e. The summed E-state index contributed by atoms with van der Waals surface area (Å²) in [6, 6.07) is 2.69. The quantitative estimate of drug-likeness (QED) is 0.736. The van der Waals surface area contributed by atoms with Crippen LogP contribution in [-0.2, 0) is 0 Å². The molecule has 2 aromatic heterocycles. The third-order valence-electron chi connectivity index (χ3n) is 3.81. The molecule has 1 aliphatic carbocycles. The predicted molar refractivity (Wildman–Crippen MR) is 82.0 cm³/mol. The molecule has 8 heteroatoms. The minimum atomic E-state index is -0.490. The van der Waals surface area contributed by atoms with Crippen LogP contribution in [0.2, 0.25) is 5.02 Å². The van der Waals surface area contributed by atoms with Gasteiger partial charge in [-0.05, 0) is 18.9 Å². The summed E-state index contributed by atoms with van der Waals surface area (Å²) < 4.78 is 22.5. The van der Waals surface area contributed by atoms with Crippen molar-refractivity contribution in [2.75, 3.05) is 7.11 Å². The van der Waals surface area contributed by atoms with Crippen LogP contribution in [0.5, 0.6) is 5.75 Å². The number of ether oxygens (including phenoxy) is 1. The van der Waals surface area contributed by atoms with Crippen molar-refractivity contribution in [2.24, 2.45) is 0 Å². The summed E-state index contributed by atoms with van der Waals surface area (Å²) in [4.78, 5) is 4.37. The Balaban J connectivity index is 1.73. The van der Waals surface area contributed by atoms with Gasteiger partial charge in [-0.2, -0.15) is 0 Å². The van der Waals surface area contributed by atoms with Crippen molar-refractivity contribution >= 4 is 11.6 Å². The number of hydrogen-bond acceptors (Lipinski definition) is 4. The smallest absolute Gasteiger partial charge is 0.181 e. The normalized spacial score (nSPS) is 14.2. The second-order valence-corrected chi connectivity index (χ2v) is 5.80. The van der Waals surface area contributed by atoms with Gasteiger partial charge in [-0.1, -0.05) is 16.8 Å². The van der Waals surface area contributed by atoms with Crippen LogP contribution in [0.15, 0.2) is 30.7 Å². The van der Waals surface area contributed by atoms with E-state index < -0.39 is 5.82 Å². The molecule has 2 heterocycles. The van der Waals surface area contributed by atoms with E-state index in [1.54, 1.807) is 12.4 Å². The topological polar surface area (TPSA) is 57.8 Å². The zero-order valence-electron chi connectivity index (χ0n) is 12.3. The standard InChI is InChI=1S/C15H13ClFN5O/c1-23-13-7-11(17)12(6-10(13)16)22-8-14(19-20-22)21-5-4-18-15(21)9-2-3-9/h4-9H,2-3H2,1H3. The molecule has 118 valence electrons. The van der Waals surface area contributed by atoms with Crippen molar-refractivity contribution in [1.29, 1.82) is 0 Å². The first-order chi connectivity index (χ1) is 11.2. The van der Waals surface area contributed by atoms with Crippen molar-refractivity contribution in [1.82, 2.24) is 24.5 Å². The molecule has 1 aliphatic rings. The fraction of sp³-hybridized carbons (Fsp3) is 0.267. The highest BCUT2D eigenvalue weighted by Gasteiger charge is 2.29. The van der Waals surface area contributed by atoms with Crippen LogP contribution in [0.25, 0.3) is 11.5 Å². The zero-order valence-corrected chi connectivity index (χ0v) is 13.0. The lowest BCUT2D eigenvalue weighted by Crippen LogP contribution is -2.00. The maximum atomic E-state index is 14.2. The minimum absolute atomic E-state index is 0.211. The summed E-state index contributed by atoms with van der Waals surface area (Å²) in [6.45, 7) is 0. The first-order valence-corrected chi connectivity index (χ1v) is 7.54. The molecular weight excluding hydrogens is 321 g/mol. The van der Waals surface area contributed by atoms with Crippen molar-refractivity contribution < 1.29 is 9.13 Å². The first kappa shape index (κ1) is 14.2. The van der Waals surface area contributed by atoms with E-state index in [0.717, 1.165) is 18.7 Å². The van der Waals surface area contributed by atoms with Crippen LogP contribution >= 0.6 is 11.6 Å². The van der Waals surface area contributed by atoms with Gasteiger partial charge in [0, 0.05) is 24.4 Å². The molecule has 23 heavy (non-hydrogen) atoms. The van der Waals surface area contributed by atoms with E-state index in [0.29, 0.717) is 16.8 Å². The number of hydrogen-bond donors (Lipinski definition) is 0. The molecule has 0 N–H and O–H groups in total. The van der Waals surface area contributed by atoms with Gasteiger partial charge in [0.2, 0.25) is 0 Å². The summed E-state index contributed by atoms with van der Waals surface area (Å²) >= 11 is 6.06. The molecule has 3 aromatic rings. The average Bonchev–Trinajstić information content (AvgIpc) is 3.09. The summed E-state index contributed by atoms with van der Waals surface area (Å²) in [5.74, 6) is 1.82. The van der Waals surface area contributed by atoms with E-state index in [1.165, 1.54) is 23.9 Å². The number of methoxy groups -OCH3 is 1. The molecule has 4 rings (SSSR count). The Morgan fingerprint density at radius 3 is 2.91 bits per heavy atom. The number of benzene rings is 1. The van der Waals surface area contributed by atoms with Crippen LogP contribution in [0.1, 0.15) is 24.6 Å². The van der Waals surface area contributed by atoms with Crippen molar-refractivity contribution in [2.45, 2.75) is 18.8 Å². The van der Waals surface area contributed by atoms with E-state index in [1.807, 2.05) is 10.8 Å². The highest BCUT2D eigenvalue weighted by atomic mass is 35.5. The van der Waals surface area contributed by atoms with Gasteiger partial charge < -0.3 is 4.74 Å². The van der Waals surface area contributed by atoms with Gasteiger partial charge in [0.15, 0.2) is 11.6 Å². The molecule has 0 aliphatic heterocycles. The third kappa shape index (κ3) is 2.46. The van der Waals surface area contributed by atoms with Gasteiger partial charge >= 0.3 is 0 Å². The summed E-state index contributed by atoms with van der Waals surface area (Å²) in [6.07, 6.45) is 7.48. The summed E-state index contributed by atoms with van der Waals surface area (Å²) in [7, 11) is 1.44. The molecule has 0 radical (unpaired) electrons. The fourth-order valence-electron chi connectivity index (χ4n) is 2.49. The molecule has 0 spiro atoms. The number of rotatable bonds is 4. The van der Waals surface area contributed by atoms with Crippen molar-refractivity contribution in [3.63, 3.8) is 0 Å². The van der Waals surface area contributed by atoms with Crippen molar-refractivity contribution in [3.05, 3.63) is 47.4 Å². The third-order valence-corrected chi connectivity index (χ3v) is 4.10. The molecule has 0 amide bonds. The lowest BCUT2D eigenvalue weighted by molar-refractivity contribution is 0.411. The molecule has 0 saturated heterocycles.